The number of rotatable bonds is 5. The van der Waals surface area contributed by atoms with E-state index in [-0.39, 0.29) is 10.6 Å². The van der Waals surface area contributed by atoms with Gasteiger partial charge >= 0.3 is 0 Å². The first-order chi connectivity index (χ1) is 9.94. The van der Waals surface area contributed by atoms with Crippen molar-refractivity contribution in [2.24, 2.45) is 5.73 Å². The number of sulfone groups is 1. The summed E-state index contributed by atoms with van der Waals surface area (Å²) in [6.07, 6.45) is 0.949. The van der Waals surface area contributed by atoms with Gasteiger partial charge in [0.15, 0.2) is 9.84 Å². The van der Waals surface area contributed by atoms with E-state index in [1.54, 1.807) is 24.3 Å². The van der Waals surface area contributed by atoms with Crippen LogP contribution in [0.15, 0.2) is 57.9 Å². The van der Waals surface area contributed by atoms with Crippen LogP contribution in [0.4, 0.5) is 0 Å². The molecule has 112 valence electrons. The summed E-state index contributed by atoms with van der Waals surface area (Å²) in [5, 5.41) is 0. The third kappa shape index (κ3) is 3.93. The van der Waals surface area contributed by atoms with Crippen LogP contribution in [0.3, 0.4) is 0 Å². The van der Waals surface area contributed by atoms with Crippen molar-refractivity contribution in [2.45, 2.75) is 24.3 Å². The van der Waals surface area contributed by atoms with Crippen LogP contribution in [0.1, 0.15) is 24.1 Å². The molecule has 2 aromatic rings. The van der Waals surface area contributed by atoms with Crippen LogP contribution >= 0.6 is 15.9 Å². The highest BCUT2D eigenvalue weighted by Gasteiger charge is 2.21. The highest BCUT2D eigenvalue weighted by atomic mass is 79.9. The lowest BCUT2D eigenvalue weighted by molar-refractivity contribution is 0.588. The van der Waals surface area contributed by atoms with Gasteiger partial charge in [0.1, 0.15) is 0 Å². The normalized spacial score (nSPS) is 13.1. The summed E-state index contributed by atoms with van der Waals surface area (Å²) in [7, 11) is -3.43. The molecule has 0 spiro atoms. The summed E-state index contributed by atoms with van der Waals surface area (Å²) >= 11 is 3.28. The molecule has 2 N–H and O–H groups in total. The molecule has 5 heteroatoms. The Morgan fingerprint density at radius 1 is 1.10 bits per heavy atom. The molecule has 0 heterocycles. The Labute approximate surface area is 134 Å². The van der Waals surface area contributed by atoms with Crippen molar-refractivity contribution < 1.29 is 8.42 Å². The van der Waals surface area contributed by atoms with Crippen LogP contribution in [-0.2, 0) is 16.3 Å². The fourth-order valence-electron chi connectivity index (χ4n) is 2.12. The van der Waals surface area contributed by atoms with Gasteiger partial charge in [-0.2, -0.15) is 0 Å². The Kier molecular flexibility index (Phi) is 5.19. The number of aryl methyl sites for hydroxylation is 1. The van der Waals surface area contributed by atoms with Crippen LogP contribution in [-0.4, -0.2) is 14.2 Å². The van der Waals surface area contributed by atoms with Crippen LogP contribution in [0.25, 0.3) is 0 Å². The van der Waals surface area contributed by atoms with E-state index in [1.807, 2.05) is 24.3 Å². The van der Waals surface area contributed by atoms with E-state index in [0.29, 0.717) is 4.47 Å². The highest BCUT2D eigenvalue weighted by molar-refractivity contribution is 9.10. The minimum atomic E-state index is -3.43. The van der Waals surface area contributed by atoms with Crippen molar-refractivity contribution in [3.63, 3.8) is 0 Å². The summed E-state index contributed by atoms with van der Waals surface area (Å²) in [5.41, 5.74) is 8.11. The van der Waals surface area contributed by atoms with Crippen LogP contribution in [0, 0.1) is 0 Å². The van der Waals surface area contributed by atoms with Crippen molar-refractivity contribution in [1.29, 1.82) is 0 Å². The standard InChI is InChI=1S/C16H18BrNO2S/c1-2-12-7-9-13(10-8-12)15(18)11-21(19,20)16-6-4-3-5-14(16)17/h3-10,15H,2,11,18H2,1H3. The minimum absolute atomic E-state index is 0.110. The first-order valence-corrected chi connectivity index (χ1v) is 9.20. The van der Waals surface area contributed by atoms with Crippen LogP contribution in [0.5, 0.6) is 0 Å². The smallest absolute Gasteiger partial charge is 0.181 e. The zero-order chi connectivity index (χ0) is 15.5. The van der Waals surface area contributed by atoms with Gasteiger partial charge in [0.2, 0.25) is 0 Å². The average Bonchev–Trinajstić information content (AvgIpc) is 2.47. The summed E-state index contributed by atoms with van der Waals surface area (Å²) < 4.78 is 25.5. The van der Waals surface area contributed by atoms with E-state index < -0.39 is 15.9 Å². The van der Waals surface area contributed by atoms with Gasteiger partial charge in [-0.15, -0.1) is 0 Å². The monoisotopic (exact) mass is 367 g/mol. The Bertz CT molecular complexity index is 711. The molecule has 0 bridgehead atoms. The summed E-state index contributed by atoms with van der Waals surface area (Å²) in [6.45, 7) is 2.08. The lowest BCUT2D eigenvalue weighted by Gasteiger charge is -2.14. The van der Waals surface area contributed by atoms with Gasteiger partial charge in [0, 0.05) is 10.5 Å². The van der Waals surface area contributed by atoms with E-state index in [0.717, 1.165) is 12.0 Å². The molecule has 0 fully saturated rings. The number of nitrogens with two attached hydrogens (primary N) is 1. The molecule has 2 rings (SSSR count). The minimum Gasteiger partial charge on any atom is -0.323 e. The van der Waals surface area contributed by atoms with E-state index in [9.17, 15) is 8.42 Å². The molecule has 1 atom stereocenters. The SMILES string of the molecule is CCc1ccc(C(N)CS(=O)(=O)c2ccccc2Br)cc1. The molecular formula is C16H18BrNO2S. The van der Waals surface area contributed by atoms with Crippen LogP contribution < -0.4 is 5.73 Å². The molecule has 0 aliphatic rings. The van der Waals surface area contributed by atoms with Gasteiger partial charge in [-0.05, 0) is 45.6 Å². The summed E-state index contributed by atoms with van der Waals surface area (Å²) in [4.78, 5) is 0.283. The lowest BCUT2D eigenvalue weighted by Crippen LogP contribution is -2.22. The highest BCUT2D eigenvalue weighted by Crippen LogP contribution is 2.25. The molecule has 1 unspecified atom stereocenters. The quantitative estimate of drug-likeness (QED) is 0.879. The van der Waals surface area contributed by atoms with Gasteiger partial charge in [-0.3, -0.25) is 0 Å². The van der Waals surface area contributed by atoms with Crippen LogP contribution in [0.2, 0.25) is 0 Å². The van der Waals surface area contributed by atoms with Gasteiger partial charge < -0.3 is 5.73 Å². The van der Waals surface area contributed by atoms with Gasteiger partial charge in [0.25, 0.3) is 0 Å². The number of hydrogen-bond acceptors (Lipinski definition) is 3. The van der Waals surface area contributed by atoms with E-state index in [4.69, 9.17) is 5.73 Å². The van der Waals surface area contributed by atoms with Crippen molar-refractivity contribution in [1.82, 2.24) is 0 Å². The first kappa shape index (κ1) is 16.2. The second-order valence-electron chi connectivity index (χ2n) is 4.91. The Hall–Kier alpha value is -1.17. The summed E-state index contributed by atoms with van der Waals surface area (Å²) in [6, 6.07) is 14.0. The van der Waals surface area contributed by atoms with E-state index >= 15 is 0 Å². The van der Waals surface area contributed by atoms with Crippen molar-refractivity contribution >= 4 is 25.8 Å². The third-order valence-electron chi connectivity index (χ3n) is 3.39. The maximum absolute atomic E-state index is 12.4. The molecule has 21 heavy (non-hydrogen) atoms. The Morgan fingerprint density at radius 2 is 1.71 bits per heavy atom. The first-order valence-electron chi connectivity index (χ1n) is 6.75. The molecule has 0 amide bonds. The molecule has 0 aliphatic heterocycles. The van der Waals surface area contributed by atoms with Gasteiger partial charge in [-0.1, -0.05) is 43.3 Å². The molecule has 0 saturated heterocycles. The number of benzene rings is 2. The molecule has 0 aliphatic carbocycles. The predicted octanol–water partition coefficient (Wildman–Crippen LogP) is 3.49. The second-order valence-corrected chi connectivity index (χ2v) is 7.77. The Morgan fingerprint density at radius 3 is 2.29 bits per heavy atom. The zero-order valence-electron chi connectivity index (χ0n) is 11.8. The molecular weight excluding hydrogens is 350 g/mol. The zero-order valence-corrected chi connectivity index (χ0v) is 14.2. The fourth-order valence-corrected chi connectivity index (χ4v) is 4.64. The predicted molar refractivity (Wildman–Crippen MR) is 88.9 cm³/mol. The second kappa shape index (κ2) is 6.73. The van der Waals surface area contributed by atoms with Crippen molar-refractivity contribution in [3.8, 4) is 0 Å². The molecule has 0 aromatic heterocycles. The maximum Gasteiger partial charge on any atom is 0.181 e. The summed E-state index contributed by atoms with van der Waals surface area (Å²) in [5.74, 6) is -0.110. The third-order valence-corrected chi connectivity index (χ3v) is 6.16. The largest absolute Gasteiger partial charge is 0.323 e. The van der Waals surface area contributed by atoms with E-state index in [2.05, 4.69) is 22.9 Å². The lowest BCUT2D eigenvalue weighted by atomic mass is 10.1. The fraction of sp³-hybridized carbons (Fsp3) is 0.250. The topological polar surface area (TPSA) is 60.2 Å². The van der Waals surface area contributed by atoms with Gasteiger partial charge in [0.05, 0.1) is 10.6 Å². The Balaban J connectivity index is 2.21. The molecule has 0 saturated carbocycles. The number of halogens is 1. The molecule has 3 nitrogen and oxygen atoms in total. The maximum atomic E-state index is 12.4. The van der Waals surface area contributed by atoms with Crippen molar-refractivity contribution in [3.05, 3.63) is 64.1 Å². The average molecular weight is 368 g/mol. The van der Waals surface area contributed by atoms with E-state index in [1.165, 1.54) is 5.56 Å². The van der Waals surface area contributed by atoms with Gasteiger partial charge in [-0.25, -0.2) is 8.42 Å². The number of hydrogen-bond donors (Lipinski definition) is 1. The molecule has 2 aromatic carbocycles. The van der Waals surface area contributed by atoms with Crippen molar-refractivity contribution in [2.75, 3.05) is 5.75 Å². The molecule has 0 radical (unpaired) electrons.